The van der Waals surface area contributed by atoms with E-state index in [1.807, 2.05) is 12.1 Å². The Morgan fingerprint density at radius 2 is 1.96 bits per heavy atom. The Bertz CT molecular complexity index is 591. The zero-order valence-corrected chi connectivity index (χ0v) is 15.3. The van der Waals surface area contributed by atoms with Crippen LogP contribution in [0.2, 0.25) is 0 Å². The van der Waals surface area contributed by atoms with E-state index >= 15 is 0 Å². The number of hydrogen-bond donors (Lipinski definition) is 1. The normalized spacial score (nSPS) is 22.2. The third kappa shape index (κ3) is 4.20. The van der Waals surface area contributed by atoms with Crippen molar-refractivity contribution in [3.05, 3.63) is 24.2 Å². The third-order valence-electron chi connectivity index (χ3n) is 5.38. The van der Waals surface area contributed by atoms with Crippen LogP contribution >= 0.6 is 0 Å². The Morgan fingerprint density at radius 3 is 2.58 bits per heavy atom. The van der Waals surface area contributed by atoms with E-state index < -0.39 is 10.2 Å². The van der Waals surface area contributed by atoms with Crippen LogP contribution < -0.4 is 4.72 Å². The summed E-state index contributed by atoms with van der Waals surface area (Å²) in [6, 6.07) is 3.89. The van der Waals surface area contributed by atoms with Crippen LogP contribution in [0.25, 0.3) is 0 Å². The van der Waals surface area contributed by atoms with E-state index in [4.69, 9.17) is 4.42 Å². The van der Waals surface area contributed by atoms with E-state index in [-0.39, 0.29) is 12.1 Å². The van der Waals surface area contributed by atoms with Crippen LogP contribution in [0.5, 0.6) is 0 Å². The second-order valence-electron chi connectivity index (χ2n) is 6.94. The molecule has 0 amide bonds. The molecule has 1 unspecified atom stereocenters. The molecule has 136 valence electrons. The van der Waals surface area contributed by atoms with Gasteiger partial charge in [0.15, 0.2) is 0 Å². The van der Waals surface area contributed by atoms with Gasteiger partial charge in [0.25, 0.3) is 10.2 Å². The average molecular weight is 356 g/mol. The number of nitrogens with zero attached hydrogens (tertiary/aromatic N) is 2. The monoisotopic (exact) mass is 355 g/mol. The van der Waals surface area contributed by atoms with Gasteiger partial charge < -0.3 is 4.42 Å². The van der Waals surface area contributed by atoms with Crippen LogP contribution in [0.3, 0.4) is 0 Å². The van der Waals surface area contributed by atoms with E-state index in [2.05, 4.69) is 9.62 Å². The lowest BCUT2D eigenvalue weighted by Gasteiger charge is -2.32. The van der Waals surface area contributed by atoms with Crippen molar-refractivity contribution in [1.29, 1.82) is 0 Å². The Balaban J connectivity index is 1.64. The van der Waals surface area contributed by atoms with Crippen molar-refractivity contribution in [3.8, 4) is 0 Å². The molecule has 2 aliphatic rings. The topological polar surface area (TPSA) is 65.8 Å². The van der Waals surface area contributed by atoms with E-state index in [0.29, 0.717) is 6.54 Å². The van der Waals surface area contributed by atoms with Crippen molar-refractivity contribution >= 4 is 10.2 Å². The quantitative estimate of drug-likeness (QED) is 0.816. The lowest BCUT2D eigenvalue weighted by Crippen LogP contribution is -2.47. The third-order valence-corrected chi connectivity index (χ3v) is 6.97. The molecule has 0 spiro atoms. The zero-order chi connectivity index (χ0) is 17.0. The van der Waals surface area contributed by atoms with Gasteiger partial charge in [0.2, 0.25) is 0 Å². The molecule has 0 aromatic carbocycles. The minimum atomic E-state index is -3.46. The fourth-order valence-electron chi connectivity index (χ4n) is 3.87. The summed E-state index contributed by atoms with van der Waals surface area (Å²) in [5.41, 5.74) is 0. The molecule has 0 radical (unpaired) electrons. The number of rotatable bonds is 7. The van der Waals surface area contributed by atoms with Gasteiger partial charge in [-0.25, -0.2) is 4.72 Å². The molecule has 1 aromatic heterocycles. The zero-order valence-electron chi connectivity index (χ0n) is 14.5. The van der Waals surface area contributed by atoms with Gasteiger partial charge in [-0.1, -0.05) is 19.3 Å². The Hall–Kier alpha value is -0.890. The van der Waals surface area contributed by atoms with Crippen molar-refractivity contribution in [3.63, 3.8) is 0 Å². The second kappa shape index (κ2) is 7.99. The van der Waals surface area contributed by atoms with Gasteiger partial charge in [0.1, 0.15) is 5.76 Å². The van der Waals surface area contributed by atoms with Crippen LogP contribution in [0, 0.1) is 0 Å². The smallest absolute Gasteiger partial charge is 0.279 e. The first-order chi connectivity index (χ1) is 11.6. The lowest BCUT2D eigenvalue weighted by molar-refractivity contribution is 0.214. The highest BCUT2D eigenvalue weighted by atomic mass is 32.2. The van der Waals surface area contributed by atoms with Crippen LogP contribution in [0.4, 0.5) is 0 Å². The van der Waals surface area contributed by atoms with Crippen LogP contribution in [0.15, 0.2) is 22.8 Å². The van der Waals surface area contributed by atoms with E-state index in [1.54, 1.807) is 13.3 Å². The standard InChI is InChI=1S/C17H29N3O3S/c1-19(15-8-3-2-4-9-15)24(21,22)18-14-16(17-10-7-13-23-17)20-11-5-6-12-20/h7,10,13,15-16,18H,2-6,8-9,11-12,14H2,1H3. The molecule has 1 aliphatic carbocycles. The molecule has 1 saturated carbocycles. The fourth-order valence-corrected chi connectivity index (χ4v) is 5.05. The number of furan rings is 1. The Labute approximate surface area is 145 Å². The SMILES string of the molecule is CN(C1CCCCC1)S(=O)(=O)NCC(c1ccco1)N1CCCC1. The summed E-state index contributed by atoms with van der Waals surface area (Å²) >= 11 is 0. The summed E-state index contributed by atoms with van der Waals surface area (Å²) in [5, 5.41) is 0. The van der Waals surface area contributed by atoms with Gasteiger partial charge >= 0.3 is 0 Å². The van der Waals surface area contributed by atoms with Crippen molar-refractivity contribution in [2.75, 3.05) is 26.7 Å². The van der Waals surface area contributed by atoms with E-state index in [9.17, 15) is 8.42 Å². The largest absolute Gasteiger partial charge is 0.468 e. The average Bonchev–Trinajstić information content (AvgIpc) is 3.29. The highest BCUT2D eigenvalue weighted by molar-refractivity contribution is 7.87. The van der Waals surface area contributed by atoms with Crippen molar-refractivity contribution in [1.82, 2.24) is 13.9 Å². The summed E-state index contributed by atoms with van der Waals surface area (Å²) in [6.45, 7) is 2.34. The van der Waals surface area contributed by atoms with Crippen molar-refractivity contribution in [2.24, 2.45) is 0 Å². The van der Waals surface area contributed by atoms with Gasteiger partial charge in [0, 0.05) is 19.6 Å². The predicted molar refractivity (Wildman–Crippen MR) is 93.8 cm³/mol. The maximum atomic E-state index is 12.7. The molecule has 1 N–H and O–H groups in total. The molecular weight excluding hydrogens is 326 g/mol. The Morgan fingerprint density at radius 1 is 1.25 bits per heavy atom. The molecule has 0 bridgehead atoms. The first-order valence-electron chi connectivity index (χ1n) is 9.08. The predicted octanol–water partition coefficient (Wildman–Crippen LogP) is 2.52. The van der Waals surface area contributed by atoms with Crippen molar-refractivity contribution in [2.45, 2.75) is 57.0 Å². The minimum absolute atomic E-state index is 0.0305. The van der Waals surface area contributed by atoms with Crippen LogP contribution in [-0.4, -0.2) is 50.3 Å². The summed E-state index contributed by atoms with van der Waals surface area (Å²) in [6.07, 6.45) is 9.35. The summed E-state index contributed by atoms with van der Waals surface area (Å²) < 4.78 is 35.3. The summed E-state index contributed by atoms with van der Waals surface area (Å²) in [5.74, 6) is 0.833. The molecule has 6 nitrogen and oxygen atoms in total. The molecule has 2 fully saturated rings. The highest BCUT2D eigenvalue weighted by Crippen LogP contribution is 2.26. The molecule has 24 heavy (non-hydrogen) atoms. The highest BCUT2D eigenvalue weighted by Gasteiger charge is 2.31. The van der Waals surface area contributed by atoms with Gasteiger partial charge in [-0.2, -0.15) is 12.7 Å². The summed E-state index contributed by atoms with van der Waals surface area (Å²) in [4.78, 5) is 2.31. The number of likely N-dealkylation sites (tertiary alicyclic amines) is 1. The van der Waals surface area contributed by atoms with E-state index in [0.717, 1.165) is 57.4 Å². The Kier molecular flexibility index (Phi) is 5.97. The van der Waals surface area contributed by atoms with Crippen LogP contribution in [-0.2, 0) is 10.2 Å². The van der Waals surface area contributed by atoms with Gasteiger partial charge in [0.05, 0.1) is 12.3 Å². The van der Waals surface area contributed by atoms with Gasteiger partial charge in [-0.15, -0.1) is 0 Å². The molecule has 1 atom stereocenters. The first-order valence-corrected chi connectivity index (χ1v) is 10.5. The number of nitrogens with one attached hydrogen (secondary N) is 1. The molecule has 7 heteroatoms. The lowest BCUT2D eigenvalue weighted by atomic mass is 9.96. The number of hydrogen-bond acceptors (Lipinski definition) is 4. The second-order valence-corrected chi connectivity index (χ2v) is 8.75. The van der Waals surface area contributed by atoms with Gasteiger partial charge in [-0.3, -0.25) is 4.90 Å². The first kappa shape index (κ1) is 17.9. The molecule has 1 aromatic rings. The summed E-state index contributed by atoms with van der Waals surface area (Å²) in [7, 11) is -1.76. The van der Waals surface area contributed by atoms with E-state index in [1.165, 1.54) is 10.7 Å². The maximum Gasteiger partial charge on any atom is 0.279 e. The minimum Gasteiger partial charge on any atom is -0.468 e. The molecular formula is C17H29N3O3S. The fraction of sp³-hybridized carbons (Fsp3) is 0.765. The molecule has 1 aliphatic heterocycles. The van der Waals surface area contributed by atoms with Crippen molar-refractivity contribution < 1.29 is 12.8 Å². The van der Waals surface area contributed by atoms with Crippen LogP contribution in [0.1, 0.15) is 56.7 Å². The molecule has 1 saturated heterocycles. The maximum absolute atomic E-state index is 12.7. The van der Waals surface area contributed by atoms with Gasteiger partial charge in [-0.05, 0) is 50.9 Å². The molecule has 2 heterocycles. The molecule has 3 rings (SSSR count).